The average Bonchev–Trinajstić information content (AvgIpc) is 2.77. The van der Waals surface area contributed by atoms with E-state index in [4.69, 9.17) is 4.74 Å². The highest BCUT2D eigenvalue weighted by atomic mass is 32.2. The maximum atomic E-state index is 12.3. The van der Waals surface area contributed by atoms with Gasteiger partial charge in [-0.05, 0) is 30.3 Å². The third kappa shape index (κ3) is 4.67. The van der Waals surface area contributed by atoms with Crippen molar-refractivity contribution >= 4 is 34.9 Å². The van der Waals surface area contributed by atoms with Crippen LogP contribution in [-0.2, 0) is 14.3 Å². The predicted octanol–water partition coefficient (Wildman–Crippen LogP) is 1.79. The van der Waals surface area contributed by atoms with Crippen LogP contribution in [0, 0.1) is 6.92 Å². The number of imide groups is 1. The summed E-state index contributed by atoms with van der Waals surface area (Å²) in [6, 6.07) is 7.61. The van der Waals surface area contributed by atoms with E-state index in [1.165, 1.54) is 7.11 Å². The average molecular weight is 334 g/mol. The van der Waals surface area contributed by atoms with Gasteiger partial charge in [0.2, 0.25) is 5.91 Å². The molecule has 6 nitrogen and oxygen atoms in total. The van der Waals surface area contributed by atoms with Gasteiger partial charge in [0.05, 0.1) is 11.5 Å². The Balaban J connectivity index is 2.02. The maximum absolute atomic E-state index is 12.3. The van der Waals surface area contributed by atoms with Crippen molar-refractivity contribution in [1.29, 1.82) is 0 Å². The number of amides is 3. The van der Waals surface area contributed by atoms with Crippen LogP contribution in [0.25, 0.3) is 6.08 Å². The van der Waals surface area contributed by atoms with E-state index in [-0.39, 0.29) is 12.5 Å². The SMILES string of the molecule is COCCNC(=O)CN1C(=O)S/C(=C\c2ccc(C)cc2)C1=O. The van der Waals surface area contributed by atoms with Crippen molar-refractivity contribution in [3.63, 3.8) is 0 Å². The van der Waals surface area contributed by atoms with E-state index in [9.17, 15) is 14.4 Å². The van der Waals surface area contributed by atoms with Crippen LogP contribution in [0.1, 0.15) is 11.1 Å². The minimum atomic E-state index is -0.442. The van der Waals surface area contributed by atoms with Crippen LogP contribution in [0.15, 0.2) is 29.2 Å². The second kappa shape index (κ2) is 7.94. The van der Waals surface area contributed by atoms with Gasteiger partial charge in [-0.15, -0.1) is 0 Å². The molecule has 122 valence electrons. The number of carbonyl (C=O) groups excluding carboxylic acids is 3. The summed E-state index contributed by atoms with van der Waals surface area (Å²) in [7, 11) is 1.53. The number of hydrogen-bond donors (Lipinski definition) is 1. The molecule has 0 unspecified atom stereocenters. The highest BCUT2D eigenvalue weighted by Crippen LogP contribution is 2.31. The highest BCUT2D eigenvalue weighted by Gasteiger charge is 2.36. The molecule has 1 aliphatic rings. The molecule has 3 amide bonds. The van der Waals surface area contributed by atoms with Crippen LogP contribution >= 0.6 is 11.8 Å². The number of carbonyl (C=O) groups is 3. The van der Waals surface area contributed by atoms with Gasteiger partial charge in [0, 0.05) is 13.7 Å². The Bertz CT molecular complexity index is 640. The summed E-state index contributed by atoms with van der Waals surface area (Å²) < 4.78 is 4.82. The fourth-order valence-electron chi connectivity index (χ4n) is 1.94. The van der Waals surface area contributed by atoms with Crippen LogP contribution < -0.4 is 5.32 Å². The van der Waals surface area contributed by atoms with Crippen LogP contribution in [0.4, 0.5) is 4.79 Å². The number of nitrogens with zero attached hydrogens (tertiary/aromatic N) is 1. The summed E-state index contributed by atoms with van der Waals surface area (Å²) in [4.78, 5) is 37.2. The number of methoxy groups -OCH3 is 1. The Morgan fingerprint density at radius 3 is 2.65 bits per heavy atom. The van der Waals surface area contributed by atoms with Gasteiger partial charge < -0.3 is 10.1 Å². The molecule has 0 bridgehead atoms. The van der Waals surface area contributed by atoms with Gasteiger partial charge in [-0.25, -0.2) is 0 Å². The zero-order valence-corrected chi connectivity index (χ0v) is 13.8. The Kier molecular flexibility index (Phi) is 5.95. The van der Waals surface area contributed by atoms with Crippen LogP contribution in [0.3, 0.4) is 0 Å². The Morgan fingerprint density at radius 2 is 2.00 bits per heavy atom. The van der Waals surface area contributed by atoms with Crippen molar-refractivity contribution in [2.24, 2.45) is 0 Å². The van der Waals surface area contributed by atoms with E-state index in [1.54, 1.807) is 6.08 Å². The Morgan fingerprint density at radius 1 is 1.30 bits per heavy atom. The van der Waals surface area contributed by atoms with E-state index in [0.717, 1.165) is 27.8 Å². The lowest BCUT2D eigenvalue weighted by Gasteiger charge is -2.12. The summed E-state index contributed by atoms with van der Waals surface area (Å²) in [5.74, 6) is -0.830. The fourth-order valence-corrected chi connectivity index (χ4v) is 2.78. The zero-order valence-electron chi connectivity index (χ0n) is 13.0. The van der Waals surface area contributed by atoms with E-state index in [2.05, 4.69) is 5.32 Å². The minimum absolute atomic E-state index is 0.278. The Hall–Kier alpha value is -2.12. The van der Waals surface area contributed by atoms with Crippen molar-refractivity contribution in [2.45, 2.75) is 6.92 Å². The molecule has 0 radical (unpaired) electrons. The molecule has 0 aliphatic carbocycles. The first-order valence-corrected chi connectivity index (χ1v) is 7.90. The molecule has 1 aromatic carbocycles. The quantitative estimate of drug-likeness (QED) is 0.634. The molecular weight excluding hydrogens is 316 g/mol. The van der Waals surface area contributed by atoms with E-state index in [1.807, 2.05) is 31.2 Å². The largest absolute Gasteiger partial charge is 0.383 e. The maximum Gasteiger partial charge on any atom is 0.294 e. The topological polar surface area (TPSA) is 75.7 Å². The summed E-state index contributed by atoms with van der Waals surface area (Å²) in [6.45, 7) is 2.41. The molecule has 7 heteroatoms. The van der Waals surface area contributed by atoms with Crippen LogP contribution in [-0.4, -0.2) is 48.8 Å². The number of aryl methyl sites for hydroxylation is 1. The normalized spacial score (nSPS) is 16.3. The number of ether oxygens (including phenoxy) is 1. The van der Waals surface area contributed by atoms with E-state index >= 15 is 0 Å². The minimum Gasteiger partial charge on any atom is -0.383 e. The second-order valence-electron chi connectivity index (χ2n) is 5.02. The zero-order chi connectivity index (χ0) is 16.8. The van der Waals surface area contributed by atoms with Crippen molar-refractivity contribution in [3.8, 4) is 0 Å². The number of nitrogens with one attached hydrogen (secondary N) is 1. The first kappa shape index (κ1) is 17.2. The molecule has 1 aromatic rings. The number of benzene rings is 1. The van der Waals surface area contributed by atoms with Gasteiger partial charge in [0.15, 0.2) is 0 Å². The summed E-state index contributed by atoms with van der Waals surface area (Å²) in [6.07, 6.45) is 1.66. The molecule has 0 saturated carbocycles. The van der Waals surface area contributed by atoms with Gasteiger partial charge >= 0.3 is 0 Å². The third-order valence-electron chi connectivity index (χ3n) is 3.18. The highest BCUT2D eigenvalue weighted by molar-refractivity contribution is 8.18. The molecule has 1 aliphatic heterocycles. The molecule has 0 spiro atoms. The summed E-state index contributed by atoms with van der Waals surface area (Å²) in [5.41, 5.74) is 1.95. The Labute approximate surface area is 138 Å². The van der Waals surface area contributed by atoms with Gasteiger partial charge in [-0.3, -0.25) is 19.3 Å². The van der Waals surface area contributed by atoms with Crippen molar-refractivity contribution in [1.82, 2.24) is 10.2 Å². The lowest BCUT2D eigenvalue weighted by Crippen LogP contribution is -2.40. The number of rotatable bonds is 6. The van der Waals surface area contributed by atoms with E-state index in [0.29, 0.717) is 18.1 Å². The molecule has 1 N–H and O–H groups in total. The number of hydrogen-bond acceptors (Lipinski definition) is 5. The fraction of sp³-hybridized carbons (Fsp3) is 0.312. The van der Waals surface area contributed by atoms with Crippen LogP contribution in [0.2, 0.25) is 0 Å². The summed E-state index contributed by atoms with van der Waals surface area (Å²) >= 11 is 0.845. The molecule has 0 aromatic heterocycles. The molecule has 23 heavy (non-hydrogen) atoms. The number of thioether (sulfide) groups is 1. The summed E-state index contributed by atoms with van der Waals surface area (Å²) in [5, 5.41) is 2.15. The van der Waals surface area contributed by atoms with Gasteiger partial charge in [-0.2, -0.15) is 0 Å². The molecule has 1 saturated heterocycles. The van der Waals surface area contributed by atoms with E-state index < -0.39 is 11.1 Å². The van der Waals surface area contributed by atoms with Gasteiger partial charge in [0.1, 0.15) is 6.54 Å². The smallest absolute Gasteiger partial charge is 0.294 e. The third-order valence-corrected chi connectivity index (χ3v) is 4.09. The first-order chi connectivity index (χ1) is 11.0. The van der Waals surface area contributed by atoms with Crippen molar-refractivity contribution in [2.75, 3.05) is 26.8 Å². The van der Waals surface area contributed by atoms with Gasteiger partial charge in [0.25, 0.3) is 11.1 Å². The van der Waals surface area contributed by atoms with Crippen molar-refractivity contribution < 1.29 is 19.1 Å². The lowest BCUT2D eigenvalue weighted by atomic mass is 10.1. The van der Waals surface area contributed by atoms with Crippen molar-refractivity contribution in [3.05, 3.63) is 40.3 Å². The predicted molar refractivity (Wildman–Crippen MR) is 88.7 cm³/mol. The first-order valence-electron chi connectivity index (χ1n) is 7.09. The molecule has 0 atom stereocenters. The monoisotopic (exact) mass is 334 g/mol. The lowest BCUT2D eigenvalue weighted by molar-refractivity contribution is -0.129. The molecule has 1 fully saturated rings. The standard InChI is InChI=1S/C16H18N2O4S/c1-11-3-5-12(6-4-11)9-13-15(20)18(16(21)23-13)10-14(19)17-7-8-22-2/h3-6,9H,7-8,10H2,1-2H3,(H,17,19)/b13-9-. The molecule has 1 heterocycles. The van der Waals surface area contributed by atoms with Gasteiger partial charge in [-0.1, -0.05) is 29.8 Å². The second-order valence-corrected chi connectivity index (χ2v) is 6.01. The molecule has 2 rings (SSSR count). The van der Waals surface area contributed by atoms with Crippen LogP contribution in [0.5, 0.6) is 0 Å². The molecular formula is C16H18N2O4S.